The molecule has 0 saturated heterocycles. The topological polar surface area (TPSA) is 90.1 Å². The Kier molecular flexibility index (Phi) is 5.03. The van der Waals surface area contributed by atoms with Crippen LogP contribution in [0.3, 0.4) is 0 Å². The van der Waals surface area contributed by atoms with E-state index in [4.69, 9.17) is 9.15 Å². The van der Waals surface area contributed by atoms with Crippen LogP contribution >= 0.6 is 11.3 Å². The number of carbonyl (C=O) groups is 1. The number of amides is 1. The van der Waals surface area contributed by atoms with Gasteiger partial charge in [0.05, 0.1) is 17.3 Å². The zero-order valence-corrected chi connectivity index (χ0v) is 16.2. The zero-order valence-electron chi connectivity index (χ0n) is 15.4. The van der Waals surface area contributed by atoms with Gasteiger partial charge in [-0.15, -0.1) is 10.2 Å². The van der Waals surface area contributed by atoms with Crippen molar-refractivity contribution in [3.63, 3.8) is 0 Å². The van der Waals surface area contributed by atoms with Crippen molar-refractivity contribution >= 4 is 32.6 Å². The second-order valence-electron chi connectivity index (χ2n) is 6.27. The first kappa shape index (κ1) is 18.1. The second kappa shape index (κ2) is 7.77. The SMILES string of the molecule is COc1ccc2nc(NC(=O)CCc3nnc(-c4ccc(C)cc4)o3)sc2c1. The number of aryl methyl sites for hydroxylation is 2. The number of rotatable bonds is 6. The van der Waals surface area contributed by atoms with Crippen molar-refractivity contribution in [3.05, 3.63) is 53.9 Å². The van der Waals surface area contributed by atoms with Gasteiger partial charge in [-0.3, -0.25) is 4.79 Å². The van der Waals surface area contributed by atoms with E-state index in [9.17, 15) is 4.79 Å². The lowest BCUT2D eigenvalue weighted by Crippen LogP contribution is -2.12. The van der Waals surface area contributed by atoms with Crippen LogP contribution in [0.1, 0.15) is 17.9 Å². The lowest BCUT2D eigenvalue weighted by Gasteiger charge is -1.99. The van der Waals surface area contributed by atoms with Crippen LogP contribution < -0.4 is 10.1 Å². The Morgan fingerprint density at radius 3 is 2.79 bits per heavy atom. The molecule has 0 fully saturated rings. The Labute approximate surface area is 165 Å². The van der Waals surface area contributed by atoms with E-state index in [1.807, 2.05) is 49.4 Å². The molecule has 1 amide bonds. The molecule has 0 saturated carbocycles. The van der Waals surface area contributed by atoms with E-state index < -0.39 is 0 Å². The van der Waals surface area contributed by atoms with Crippen LogP contribution in [0.5, 0.6) is 5.75 Å². The summed E-state index contributed by atoms with van der Waals surface area (Å²) in [5, 5.41) is 11.5. The number of methoxy groups -OCH3 is 1. The normalized spacial score (nSPS) is 10.9. The minimum atomic E-state index is -0.152. The summed E-state index contributed by atoms with van der Waals surface area (Å²) in [6.45, 7) is 2.02. The quantitative estimate of drug-likeness (QED) is 0.526. The Hall–Kier alpha value is -3.26. The lowest BCUT2D eigenvalue weighted by molar-refractivity contribution is -0.116. The number of nitrogens with zero attached hydrogens (tertiary/aromatic N) is 3. The van der Waals surface area contributed by atoms with Crippen LogP contribution in [0, 0.1) is 6.92 Å². The van der Waals surface area contributed by atoms with Crippen molar-refractivity contribution in [2.45, 2.75) is 19.8 Å². The minimum absolute atomic E-state index is 0.152. The third kappa shape index (κ3) is 4.01. The van der Waals surface area contributed by atoms with E-state index in [1.54, 1.807) is 7.11 Å². The van der Waals surface area contributed by atoms with E-state index >= 15 is 0 Å². The van der Waals surface area contributed by atoms with Gasteiger partial charge >= 0.3 is 0 Å². The predicted octanol–water partition coefficient (Wildman–Crippen LogP) is 4.23. The maximum Gasteiger partial charge on any atom is 0.247 e. The number of hydrogen-bond donors (Lipinski definition) is 1. The molecule has 2 aromatic heterocycles. The van der Waals surface area contributed by atoms with Crippen LogP contribution in [-0.4, -0.2) is 28.2 Å². The molecule has 1 N–H and O–H groups in total. The summed E-state index contributed by atoms with van der Waals surface area (Å²) in [5.74, 6) is 1.49. The summed E-state index contributed by atoms with van der Waals surface area (Å²) in [7, 11) is 1.62. The average molecular weight is 394 g/mol. The highest BCUT2D eigenvalue weighted by atomic mass is 32.1. The maximum absolute atomic E-state index is 12.2. The molecule has 0 radical (unpaired) electrons. The Bertz CT molecular complexity index is 1120. The molecule has 0 bridgehead atoms. The van der Waals surface area contributed by atoms with Gasteiger partial charge in [0.15, 0.2) is 5.13 Å². The molecule has 142 valence electrons. The van der Waals surface area contributed by atoms with Crippen LogP contribution in [0.2, 0.25) is 0 Å². The summed E-state index contributed by atoms with van der Waals surface area (Å²) in [6, 6.07) is 13.4. The third-order valence-electron chi connectivity index (χ3n) is 4.17. The van der Waals surface area contributed by atoms with Crippen molar-refractivity contribution in [3.8, 4) is 17.2 Å². The molecular weight excluding hydrogens is 376 g/mol. The summed E-state index contributed by atoms with van der Waals surface area (Å²) in [5.41, 5.74) is 2.84. The molecule has 0 spiro atoms. The average Bonchev–Trinajstić information content (AvgIpc) is 3.32. The molecule has 4 aromatic rings. The third-order valence-corrected chi connectivity index (χ3v) is 5.11. The molecule has 28 heavy (non-hydrogen) atoms. The standard InChI is InChI=1S/C20H18N4O3S/c1-12-3-5-13(6-4-12)19-24-23-18(27-19)10-9-17(25)22-20-21-15-8-7-14(26-2)11-16(15)28-20/h3-8,11H,9-10H2,1-2H3,(H,21,22,25). The Balaban J connectivity index is 1.36. The van der Waals surface area contributed by atoms with E-state index in [2.05, 4.69) is 20.5 Å². The molecule has 0 aliphatic heterocycles. The number of nitrogens with one attached hydrogen (secondary N) is 1. The van der Waals surface area contributed by atoms with Crippen LogP contribution in [0.15, 0.2) is 46.9 Å². The summed E-state index contributed by atoms with van der Waals surface area (Å²) >= 11 is 1.40. The van der Waals surface area contributed by atoms with E-state index in [1.165, 1.54) is 11.3 Å². The monoisotopic (exact) mass is 394 g/mol. The molecule has 0 atom stereocenters. The Morgan fingerprint density at radius 1 is 1.18 bits per heavy atom. The molecule has 7 nitrogen and oxygen atoms in total. The van der Waals surface area contributed by atoms with Gasteiger partial charge in [0.1, 0.15) is 5.75 Å². The largest absolute Gasteiger partial charge is 0.497 e. The number of benzene rings is 2. The molecule has 0 aliphatic rings. The molecule has 0 unspecified atom stereocenters. The van der Waals surface area contributed by atoms with Crippen LogP contribution in [-0.2, 0) is 11.2 Å². The molecule has 4 rings (SSSR count). The van der Waals surface area contributed by atoms with E-state index in [0.29, 0.717) is 23.3 Å². The lowest BCUT2D eigenvalue weighted by atomic mass is 10.1. The number of anilines is 1. The number of aromatic nitrogens is 3. The van der Waals surface area contributed by atoms with Crippen molar-refractivity contribution in [2.75, 3.05) is 12.4 Å². The van der Waals surface area contributed by atoms with E-state index in [0.717, 1.165) is 27.1 Å². The second-order valence-corrected chi connectivity index (χ2v) is 7.30. The van der Waals surface area contributed by atoms with Gasteiger partial charge in [-0.1, -0.05) is 29.0 Å². The van der Waals surface area contributed by atoms with Crippen molar-refractivity contribution in [2.24, 2.45) is 0 Å². The minimum Gasteiger partial charge on any atom is -0.497 e. The summed E-state index contributed by atoms with van der Waals surface area (Å²) < 4.78 is 11.8. The highest BCUT2D eigenvalue weighted by Crippen LogP contribution is 2.29. The first-order valence-corrected chi connectivity index (χ1v) is 9.56. The van der Waals surface area contributed by atoms with Gasteiger partial charge in [0.25, 0.3) is 0 Å². The highest BCUT2D eigenvalue weighted by Gasteiger charge is 2.12. The fourth-order valence-electron chi connectivity index (χ4n) is 2.66. The van der Waals surface area contributed by atoms with Crippen molar-refractivity contribution in [1.29, 1.82) is 0 Å². The molecule has 2 aromatic carbocycles. The summed E-state index contributed by atoms with van der Waals surface area (Å²) in [4.78, 5) is 16.7. The van der Waals surface area contributed by atoms with Gasteiger partial charge in [0, 0.05) is 18.4 Å². The fourth-order valence-corrected chi connectivity index (χ4v) is 3.57. The van der Waals surface area contributed by atoms with Gasteiger partial charge in [-0.25, -0.2) is 4.98 Å². The number of hydrogen-bond acceptors (Lipinski definition) is 7. The number of fused-ring (bicyclic) bond motifs is 1. The number of carbonyl (C=O) groups excluding carboxylic acids is 1. The first-order chi connectivity index (χ1) is 13.6. The first-order valence-electron chi connectivity index (χ1n) is 8.74. The van der Waals surface area contributed by atoms with E-state index in [-0.39, 0.29) is 12.3 Å². The number of ether oxygens (including phenoxy) is 1. The summed E-state index contributed by atoms with van der Waals surface area (Å²) in [6.07, 6.45) is 0.595. The fraction of sp³-hybridized carbons (Fsp3) is 0.200. The highest BCUT2D eigenvalue weighted by molar-refractivity contribution is 7.22. The van der Waals surface area contributed by atoms with Crippen LogP contribution in [0.25, 0.3) is 21.7 Å². The Morgan fingerprint density at radius 2 is 2.00 bits per heavy atom. The van der Waals surface area contributed by atoms with Gasteiger partial charge in [-0.2, -0.15) is 0 Å². The molecule has 8 heteroatoms. The van der Waals surface area contributed by atoms with Gasteiger partial charge < -0.3 is 14.5 Å². The smallest absolute Gasteiger partial charge is 0.247 e. The number of thiazole rings is 1. The van der Waals surface area contributed by atoms with Gasteiger partial charge in [-0.05, 0) is 37.3 Å². The van der Waals surface area contributed by atoms with Crippen LogP contribution in [0.4, 0.5) is 5.13 Å². The zero-order chi connectivity index (χ0) is 19.5. The molecule has 2 heterocycles. The molecule has 0 aliphatic carbocycles. The maximum atomic E-state index is 12.2. The van der Waals surface area contributed by atoms with Crippen molar-refractivity contribution in [1.82, 2.24) is 15.2 Å². The van der Waals surface area contributed by atoms with Crippen molar-refractivity contribution < 1.29 is 13.9 Å². The van der Waals surface area contributed by atoms with Gasteiger partial charge in [0.2, 0.25) is 17.7 Å². The predicted molar refractivity (Wildman–Crippen MR) is 108 cm³/mol. The molecular formula is C20H18N4O3S.